The van der Waals surface area contributed by atoms with Crippen molar-refractivity contribution in [2.24, 2.45) is 0 Å². The number of hydrogen-bond donors (Lipinski definition) is 1. The summed E-state index contributed by atoms with van der Waals surface area (Å²) >= 11 is 0. The molecule has 9 heteroatoms. The number of pyridine rings is 1. The zero-order valence-corrected chi connectivity index (χ0v) is 15.3. The monoisotopic (exact) mass is 383 g/mol. The van der Waals surface area contributed by atoms with Crippen molar-refractivity contribution in [3.8, 4) is 5.75 Å². The molecule has 0 amide bonds. The highest BCUT2D eigenvalue weighted by Gasteiger charge is 2.23. The highest BCUT2D eigenvalue weighted by molar-refractivity contribution is 7.84. The number of fused-ring (bicyclic) bond motifs is 1. The van der Waals surface area contributed by atoms with Crippen LogP contribution < -0.4 is 4.74 Å². The predicted octanol–water partition coefficient (Wildman–Crippen LogP) is 3.42. The van der Waals surface area contributed by atoms with Crippen LogP contribution in [0.3, 0.4) is 0 Å². The van der Waals surface area contributed by atoms with Crippen LogP contribution in [0, 0.1) is 6.92 Å². The summed E-state index contributed by atoms with van der Waals surface area (Å²) in [6.07, 6.45) is 1.45. The molecule has 2 heterocycles. The fourth-order valence-corrected chi connectivity index (χ4v) is 3.45. The number of aromatic nitrogens is 3. The van der Waals surface area contributed by atoms with Gasteiger partial charge in [0.15, 0.2) is 11.8 Å². The first kappa shape index (κ1) is 17.9. The zero-order valence-electron chi connectivity index (χ0n) is 13.3. The highest BCUT2D eigenvalue weighted by Crippen LogP contribution is 2.26. The summed E-state index contributed by atoms with van der Waals surface area (Å²) in [5.74, 6) is 0.411. The van der Waals surface area contributed by atoms with Gasteiger partial charge in [0, 0.05) is 11.8 Å². The van der Waals surface area contributed by atoms with E-state index in [2.05, 4.69) is 15.0 Å². The van der Waals surface area contributed by atoms with Crippen molar-refractivity contribution in [2.45, 2.75) is 23.5 Å². The largest absolute Gasteiger partial charge is 0.487 e. The Morgan fingerprint density at radius 1 is 1.32 bits per heavy atom. The van der Waals surface area contributed by atoms with Gasteiger partial charge in [-0.2, -0.15) is 8.78 Å². The van der Waals surface area contributed by atoms with Crippen molar-refractivity contribution < 1.29 is 17.7 Å². The minimum Gasteiger partial charge on any atom is -0.487 e. The number of alkyl halides is 2. The number of imidazole rings is 1. The van der Waals surface area contributed by atoms with E-state index in [4.69, 9.17) is 4.74 Å². The van der Waals surface area contributed by atoms with E-state index in [1.54, 1.807) is 6.92 Å². The fourth-order valence-electron chi connectivity index (χ4n) is 2.26. The summed E-state index contributed by atoms with van der Waals surface area (Å²) < 4.78 is 43.6. The molecular weight excluding hydrogens is 367 g/mol. The van der Waals surface area contributed by atoms with Crippen LogP contribution in [0.2, 0.25) is 0 Å². The molecule has 1 unspecified atom stereocenters. The van der Waals surface area contributed by atoms with Crippen molar-refractivity contribution in [1.29, 1.82) is 0 Å². The quantitative estimate of drug-likeness (QED) is 0.663. The standard InChI is InChI=1S/C16H16F2N3O2PS/c1-10-13(19-7-6-14(10)23-9-16(17,18)24)8-25(22)15-20-11-4-2-3-5-12(11)21-15/h2-7H,8-9,24H2,1H3,(H,20,21)/t25-/m1/s1. The molecule has 0 aliphatic carbocycles. The second-order valence-electron chi connectivity index (χ2n) is 5.48. The minimum absolute atomic E-state index is 0.111. The van der Waals surface area contributed by atoms with Crippen molar-refractivity contribution in [1.82, 2.24) is 15.0 Å². The third kappa shape index (κ3) is 4.38. The Labute approximate surface area is 147 Å². The van der Waals surface area contributed by atoms with Gasteiger partial charge in [-0.15, -0.1) is 0 Å². The number of rotatable bonds is 6. The summed E-state index contributed by atoms with van der Waals surface area (Å²) in [6, 6.07) is 8.91. The smallest absolute Gasteiger partial charge is 0.291 e. The van der Waals surface area contributed by atoms with E-state index < -0.39 is 23.1 Å². The van der Waals surface area contributed by atoms with E-state index in [9.17, 15) is 13.0 Å². The van der Waals surface area contributed by atoms with Gasteiger partial charge in [0.05, 0.1) is 33.3 Å². The maximum Gasteiger partial charge on any atom is 0.291 e. The summed E-state index contributed by atoms with van der Waals surface area (Å²) in [5, 5.41) is 0.352. The summed E-state index contributed by atoms with van der Waals surface area (Å²) in [4.78, 5) is 11.5. The number of para-hydroxylation sites is 2. The number of ether oxygens (including phenoxy) is 1. The van der Waals surface area contributed by atoms with Crippen LogP contribution in [0.1, 0.15) is 11.3 Å². The van der Waals surface area contributed by atoms with Gasteiger partial charge in [0.2, 0.25) is 0 Å². The predicted molar refractivity (Wildman–Crippen MR) is 95.3 cm³/mol. The maximum absolute atomic E-state index is 12.9. The fraction of sp³-hybridized carbons (Fsp3) is 0.250. The minimum atomic E-state index is -3.01. The van der Waals surface area contributed by atoms with Gasteiger partial charge in [0.1, 0.15) is 5.75 Å². The third-order valence-corrected chi connectivity index (χ3v) is 4.86. The molecule has 0 aliphatic rings. The van der Waals surface area contributed by atoms with E-state index >= 15 is 0 Å². The van der Waals surface area contributed by atoms with Crippen molar-refractivity contribution >= 4 is 31.1 Å². The Kier molecular flexibility index (Phi) is 5.11. The first-order valence-corrected chi connectivity index (χ1v) is 9.30. The Morgan fingerprint density at radius 2 is 2.08 bits per heavy atom. The first-order chi connectivity index (χ1) is 11.8. The Bertz CT molecular complexity index is 894. The molecule has 1 aromatic carbocycles. The van der Waals surface area contributed by atoms with Gasteiger partial charge >= 0.3 is 0 Å². The molecule has 0 bridgehead atoms. The van der Waals surface area contributed by atoms with E-state index in [-0.39, 0.29) is 5.75 Å². The van der Waals surface area contributed by atoms with Crippen LogP contribution in [-0.2, 0) is 16.6 Å². The first-order valence-electron chi connectivity index (χ1n) is 7.40. The van der Waals surface area contributed by atoms with E-state index in [0.29, 0.717) is 22.2 Å². The normalized spacial score (nSPS) is 13.1. The van der Waals surface area contributed by atoms with Crippen LogP contribution >= 0.6 is 9.24 Å². The van der Waals surface area contributed by atoms with Gasteiger partial charge < -0.3 is 9.72 Å². The van der Waals surface area contributed by atoms with Gasteiger partial charge in [0.25, 0.3) is 5.66 Å². The molecule has 0 spiro atoms. The van der Waals surface area contributed by atoms with Crippen LogP contribution in [0.25, 0.3) is 11.0 Å². The SMILES string of the molecule is Cc1c(OCC(F)(F)P)ccnc1C[S@@](=O)c1nc2ccccc2[nH]1. The summed E-state index contributed by atoms with van der Waals surface area (Å²) in [5.41, 5.74) is -0.373. The lowest BCUT2D eigenvalue weighted by Crippen LogP contribution is -2.18. The number of benzene rings is 1. The molecule has 0 aliphatic heterocycles. The highest BCUT2D eigenvalue weighted by atomic mass is 32.2. The molecule has 132 valence electrons. The molecule has 0 fully saturated rings. The van der Waals surface area contributed by atoms with Crippen LogP contribution in [0.4, 0.5) is 8.78 Å². The lowest BCUT2D eigenvalue weighted by Gasteiger charge is -2.14. The molecule has 3 rings (SSSR count). The third-order valence-electron chi connectivity index (χ3n) is 3.53. The zero-order chi connectivity index (χ0) is 18.0. The lowest BCUT2D eigenvalue weighted by atomic mass is 10.2. The molecule has 2 aromatic heterocycles. The van der Waals surface area contributed by atoms with Gasteiger partial charge in [-0.05, 0) is 25.1 Å². The van der Waals surface area contributed by atoms with Crippen LogP contribution in [0.15, 0.2) is 41.7 Å². The van der Waals surface area contributed by atoms with Gasteiger partial charge in [-0.25, -0.2) is 4.98 Å². The number of nitrogens with zero attached hydrogens (tertiary/aromatic N) is 2. The molecule has 0 radical (unpaired) electrons. The topological polar surface area (TPSA) is 67.9 Å². The summed E-state index contributed by atoms with van der Waals surface area (Å²) in [7, 11) is -0.0113. The van der Waals surface area contributed by atoms with Crippen molar-refractivity contribution in [2.75, 3.05) is 6.61 Å². The van der Waals surface area contributed by atoms with E-state index in [1.807, 2.05) is 24.3 Å². The van der Waals surface area contributed by atoms with Crippen molar-refractivity contribution in [3.05, 3.63) is 47.8 Å². The number of halogens is 2. The Morgan fingerprint density at radius 3 is 2.80 bits per heavy atom. The average molecular weight is 383 g/mol. The molecule has 0 saturated carbocycles. The Hall–Kier alpha value is -1.92. The number of aromatic amines is 1. The summed E-state index contributed by atoms with van der Waals surface area (Å²) in [6.45, 7) is 0.947. The number of nitrogens with one attached hydrogen (secondary N) is 1. The van der Waals surface area contributed by atoms with Gasteiger partial charge in [-0.3, -0.25) is 9.19 Å². The van der Waals surface area contributed by atoms with E-state index in [1.165, 1.54) is 21.5 Å². The Balaban J connectivity index is 1.79. The molecular formula is C16H16F2N3O2PS. The van der Waals surface area contributed by atoms with Crippen LogP contribution in [-0.4, -0.2) is 31.4 Å². The molecule has 0 saturated heterocycles. The number of H-pyrrole nitrogens is 1. The number of hydrogen-bond acceptors (Lipinski definition) is 4. The molecule has 3 aromatic rings. The van der Waals surface area contributed by atoms with E-state index in [0.717, 1.165) is 11.0 Å². The van der Waals surface area contributed by atoms with Crippen LogP contribution in [0.5, 0.6) is 5.75 Å². The molecule has 2 atom stereocenters. The van der Waals surface area contributed by atoms with Crippen molar-refractivity contribution in [3.63, 3.8) is 0 Å². The molecule has 1 N–H and O–H groups in total. The second-order valence-corrected chi connectivity index (χ2v) is 7.69. The average Bonchev–Trinajstić information content (AvgIpc) is 2.99. The second kappa shape index (κ2) is 7.14. The lowest BCUT2D eigenvalue weighted by molar-refractivity contribution is 0.0458. The molecule has 5 nitrogen and oxygen atoms in total. The van der Waals surface area contributed by atoms with Gasteiger partial charge in [-0.1, -0.05) is 21.4 Å². The molecule has 25 heavy (non-hydrogen) atoms. The maximum atomic E-state index is 12.9.